The molecule has 0 bridgehead atoms. The van der Waals surface area contributed by atoms with Gasteiger partial charge in [-0.15, -0.1) is 0 Å². The lowest BCUT2D eigenvalue weighted by Crippen LogP contribution is -2.49. The quantitative estimate of drug-likeness (QED) is 0.770. The number of cyclic esters (lactones) is 1. The number of carbonyl (C=O) groups excluding carboxylic acids is 2. The number of nitrogens with zero attached hydrogens (tertiary/aromatic N) is 1. The first-order valence-corrected chi connectivity index (χ1v) is 9.12. The van der Waals surface area contributed by atoms with Gasteiger partial charge in [-0.05, 0) is 49.3 Å². The molecule has 1 saturated carbocycles. The number of halogens is 1. The number of amides is 1. The zero-order valence-electron chi connectivity index (χ0n) is 13.7. The van der Waals surface area contributed by atoms with Gasteiger partial charge in [0.2, 0.25) is 5.91 Å². The van der Waals surface area contributed by atoms with Crippen molar-refractivity contribution in [2.75, 3.05) is 19.7 Å². The van der Waals surface area contributed by atoms with Crippen molar-refractivity contribution in [3.8, 4) is 0 Å². The van der Waals surface area contributed by atoms with E-state index in [4.69, 9.17) is 16.3 Å². The molecule has 1 spiro atoms. The van der Waals surface area contributed by atoms with Gasteiger partial charge in [-0.3, -0.25) is 9.59 Å². The molecule has 4 nitrogen and oxygen atoms in total. The molecular formula is C19H22ClNO3. The molecule has 1 aliphatic carbocycles. The van der Waals surface area contributed by atoms with E-state index in [1.54, 1.807) is 0 Å². The number of hydrogen-bond donors (Lipinski definition) is 0. The van der Waals surface area contributed by atoms with Crippen molar-refractivity contribution in [1.82, 2.24) is 4.90 Å². The lowest BCUT2D eigenvalue weighted by molar-refractivity contribution is -0.144. The minimum Gasteiger partial charge on any atom is -0.465 e. The van der Waals surface area contributed by atoms with Gasteiger partial charge in [0.15, 0.2) is 0 Å². The van der Waals surface area contributed by atoms with Crippen LogP contribution in [0.1, 0.15) is 43.6 Å². The zero-order chi connectivity index (χ0) is 16.7. The maximum absolute atomic E-state index is 12.7. The molecule has 0 radical (unpaired) electrons. The van der Waals surface area contributed by atoms with Crippen LogP contribution in [0.25, 0.3) is 0 Å². The fraction of sp³-hybridized carbons (Fsp3) is 0.579. The first-order valence-electron chi connectivity index (χ1n) is 8.75. The van der Waals surface area contributed by atoms with Gasteiger partial charge in [0.05, 0.1) is 13.0 Å². The molecule has 2 heterocycles. The molecule has 0 atom stereocenters. The lowest BCUT2D eigenvalue weighted by atomic mass is 9.61. The summed E-state index contributed by atoms with van der Waals surface area (Å²) in [7, 11) is 0. The number of piperidine rings is 1. The molecular weight excluding hydrogens is 326 g/mol. The topological polar surface area (TPSA) is 46.6 Å². The van der Waals surface area contributed by atoms with Crippen LogP contribution in [0, 0.1) is 11.3 Å². The average Bonchev–Trinajstić information content (AvgIpc) is 2.96. The van der Waals surface area contributed by atoms with E-state index in [0.29, 0.717) is 18.9 Å². The zero-order valence-corrected chi connectivity index (χ0v) is 14.4. The molecule has 1 amide bonds. The van der Waals surface area contributed by atoms with E-state index < -0.39 is 0 Å². The minimum absolute atomic E-state index is 0.0287. The van der Waals surface area contributed by atoms with Crippen LogP contribution in [0.3, 0.4) is 0 Å². The summed E-state index contributed by atoms with van der Waals surface area (Å²) in [5.41, 5.74) is 1.29. The molecule has 3 aliphatic rings. The predicted molar refractivity (Wildman–Crippen MR) is 90.7 cm³/mol. The molecule has 24 heavy (non-hydrogen) atoms. The Bertz CT molecular complexity index is 643. The Hall–Kier alpha value is -1.55. The fourth-order valence-corrected chi connectivity index (χ4v) is 4.62. The molecule has 1 aromatic carbocycles. The SMILES string of the molecule is O=C1CC2(CO1)CC(C(=O)N1CCC(c3ccc(Cl)cc3)CC1)C2. The molecule has 2 aliphatic heterocycles. The average molecular weight is 348 g/mol. The number of benzene rings is 1. The Balaban J connectivity index is 1.29. The van der Waals surface area contributed by atoms with Crippen LogP contribution >= 0.6 is 11.6 Å². The maximum Gasteiger partial charge on any atom is 0.306 e. The second kappa shape index (κ2) is 6.07. The first kappa shape index (κ1) is 15.9. The minimum atomic E-state index is -0.107. The highest BCUT2D eigenvalue weighted by Gasteiger charge is 2.53. The van der Waals surface area contributed by atoms with Gasteiger partial charge in [0.25, 0.3) is 0 Å². The van der Waals surface area contributed by atoms with Crippen LogP contribution < -0.4 is 0 Å². The molecule has 2 saturated heterocycles. The summed E-state index contributed by atoms with van der Waals surface area (Å²) in [6.45, 7) is 2.16. The van der Waals surface area contributed by atoms with Crippen molar-refractivity contribution in [1.29, 1.82) is 0 Å². The van der Waals surface area contributed by atoms with Gasteiger partial charge < -0.3 is 9.64 Å². The molecule has 5 heteroatoms. The third-order valence-corrected chi connectivity index (χ3v) is 6.17. The van der Waals surface area contributed by atoms with Gasteiger partial charge in [0, 0.05) is 29.4 Å². The van der Waals surface area contributed by atoms with Crippen LogP contribution in [0.15, 0.2) is 24.3 Å². The van der Waals surface area contributed by atoms with Gasteiger partial charge in [0.1, 0.15) is 0 Å². The van der Waals surface area contributed by atoms with E-state index in [1.807, 2.05) is 17.0 Å². The Labute approximate surface area is 147 Å². The van der Waals surface area contributed by atoms with E-state index in [1.165, 1.54) is 5.56 Å². The summed E-state index contributed by atoms with van der Waals surface area (Å²) in [5, 5.41) is 0.764. The van der Waals surface area contributed by atoms with E-state index in [2.05, 4.69) is 12.1 Å². The molecule has 0 aromatic heterocycles. The van der Waals surface area contributed by atoms with E-state index in [0.717, 1.165) is 43.8 Å². The normalized spacial score (nSPS) is 30.3. The van der Waals surface area contributed by atoms with Crippen molar-refractivity contribution in [3.05, 3.63) is 34.9 Å². The highest BCUT2D eigenvalue weighted by atomic mass is 35.5. The van der Waals surface area contributed by atoms with Crippen molar-refractivity contribution >= 4 is 23.5 Å². The van der Waals surface area contributed by atoms with Crippen molar-refractivity contribution in [3.63, 3.8) is 0 Å². The number of likely N-dealkylation sites (tertiary alicyclic amines) is 1. The van der Waals surface area contributed by atoms with Crippen LogP contribution in [0.2, 0.25) is 5.02 Å². The Morgan fingerprint density at radius 1 is 1.17 bits per heavy atom. The smallest absolute Gasteiger partial charge is 0.306 e. The predicted octanol–water partition coefficient (Wildman–Crippen LogP) is 3.39. The summed E-state index contributed by atoms with van der Waals surface area (Å²) in [4.78, 5) is 26.0. The Kier molecular flexibility index (Phi) is 4.03. The second-order valence-corrected chi connectivity index (χ2v) is 8.03. The number of ether oxygens (including phenoxy) is 1. The largest absolute Gasteiger partial charge is 0.465 e. The lowest BCUT2D eigenvalue weighted by Gasteiger charge is -2.45. The fourth-order valence-electron chi connectivity index (χ4n) is 4.49. The van der Waals surface area contributed by atoms with Gasteiger partial charge in [-0.1, -0.05) is 23.7 Å². The molecule has 3 fully saturated rings. The monoisotopic (exact) mass is 347 g/mol. The number of rotatable bonds is 2. The first-order chi connectivity index (χ1) is 11.5. The maximum atomic E-state index is 12.7. The Morgan fingerprint density at radius 3 is 2.42 bits per heavy atom. The van der Waals surface area contributed by atoms with Crippen LogP contribution in [0.4, 0.5) is 0 Å². The number of carbonyl (C=O) groups is 2. The molecule has 0 N–H and O–H groups in total. The highest BCUT2D eigenvalue weighted by molar-refractivity contribution is 6.30. The third-order valence-electron chi connectivity index (χ3n) is 5.91. The van der Waals surface area contributed by atoms with Crippen LogP contribution in [-0.4, -0.2) is 36.5 Å². The third kappa shape index (κ3) is 2.92. The van der Waals surface area contributed by atoms with Gasteiger partial charge in [-0.2, -0.15) is 0 Å². The summed E-state index contributed by atoms with van der Waals surface area (Å²) in [6, 6.07) is 8.06. The standard InChI is InChI=1S/C19H22ClNO3/c20-16-3-1-13(2-4-16)14-5-7-21(8-6-14)18(23)15-9-19(10-15)11-17(22)24-12-19/h1-4,14-15H,5-12H2. The number of esters is 1. The van der Waals surface area contributed by atoms with E-state index in [-0.39, 0.29) is 23.2 Å². The van der Waals surface area contributed by atoms with E-state index in [9.17, 15) is 9.59 Å². The van der Waals surface area contributed by atoms with Crippen molar-refractivity contribution in [2.45, 2.75) is 38.0 Å². The molecule has 128 valence electrons. The highest BCUT2D eigenvalue weighted by Crippen LogP contribution is 2.52. The second-order valence-electron chi connectivity index (χ2n) is 7.59. The summed E-state index contributed by atoms with van der Waals surface area (Å²) in [5.74, 6) is 0.769. The van der Waals surface area contributed by atoms with E-state index >= 15 is 0 Å². The van der Waals surface area contributed by atoms with Gasteiger partial charge >= 0.3 is 5.97 Å². The Morgan fingerprint density at radius 2 is 1.83 bits per heavy atom. The van der Waals surface area contributed by atoms with Crippen molar-refractivity contribution < 1.29 is 14.3 Å². The molecule has 1 aromatic rings. The molecule has 4 rings (SSSR count). The van der Waals surface area contributed by atoms with Crippen LogP contribution in [-0.2, 0) is 14.3 Å². The van der Waals surface area contributed by atoms with Crippen LogP contribution in [0.5, 0.6) is 0 Å². The molecule has 0 unspecified atom stereocenters. The summed E-state index contributed by atoms with van der Waals surface area (Å²) < 4.78 is 5.08. The summed E-state index contributed by atoms with van der Waals surface area (Å²) >= 11 is 5.95. The van der Waals surface area contributed by atoms with Gasteiger partial charge in [-0.25, -0.2) is 0 Å². The number of hydrogen-bond acceptors (Lipinski definition) is 3. The summed E-state index contributed by atoms with van der Waals surface area (Å²) in [6.07, 6.45) is 4.14. The van der Waals surface area contributed by atoms with Crippen molar-refractivity contribution in [2.24, 2.45) is 11.3 Å².